The van der Waals surface area contributed by atoms with Crippen molar-refractivity contribution < 1.29 is 10.0 Å². The predicted octanol–water partition coefficient (Wildman–Crippen LogP) is -0.932. The first-order valence-electron chi connectivity index (χ1n) is 3.20. The van der Waals surface area contributed by atoms with E-state index in [0.29, 0.717) is 0 Å². The van der Waals surface area contributed by atoms with Crippen molar-refractivity contribution in [2.75, 3.05) is 0 Å². The van der Waals surface area contributed by atoms with Crippen LogP contribution in [-0.4, -0.2) is 25.8 Å². The molecule has 1 rings (SSSR count). The Hall–Kier alpha value is -1.47. The van der Waals surface area contributed by atoms with E-state index in [2.05, 4.69) is 4.98 Å². The highest BCUT2D eigenvalue weighted by molar-refractivity contribution is 5.06. The van der Waals surface area contributed by atoms with Gasteiger partial charge in [-0.3, -0.25) is 0 Å². The molecule has 0 saturated carbocycles. The molecule has 0 fully saturated rings. The number of imidazole rings is 1. The molecule has 1 aromatic rings. The first-order valence-corrected chi connectivity index (χ1v) is 3.20. The minimum Gasteiger partial charge on any atom is -0.390 e. The minimum absolute atomic E-state index is 0.0314. The monoisotopic (exact) mass is 172 g/mol. The largest absolute Gasteiger partial charge is 0.434 e. The van der Waals surface area contributed by atoms with Gasteiger partial charge in [0.1, 0.15) is 25.2 Å². The van der Waals surface area contributed by atoms with E-state index in [0.717, 1.165) is 0 Å². The van der Waals surface area contributed by atoms with E-state index in [-0.39, 0.29) is 12.5 Å². The molecule has 7 heteroatoms. The third-order valence-corrected chi connectivity index (χ3v) is 1.24. The van der Waals surface area contributed by atoms with Gasteiger partial charge in [0.15, 0.2) is 0 Å². The molecule has 0 aliphatic heterocycles. The van der Waals surface area contributed by atoms with Crippen molar-refractivity contribution in [1.82, 2.24) is 9.55 Å². The lowest BCUT2D eigenvalue weighted by Crippen LogP contribution is -2.25. The predicted molar refractivity (Wildman–Crippen MR) is 39.1 cm³/mol. The molecule has 0 spiro atoms. The summed E-state index contributed by atoms with van der Waals surface area (Å²) in [5.74, 6) is -0.320. The van der Waals surface area contributed by atoms with Gasteiger partial charge in [0.2, 0.25) is 0 Å². The Morgan fingerprint density at radius 1 is 1.92 bits per heavy atom. The van der Waals surface area contributed by atoms with Crippen LogP contribution in [0, 0.1) is 10.1 Å². The maximum atomic E-state index is 10.3. The number of aromatic nitrogens is 2. The summed E-state index contributed by atoms with van der Waals surface area (Å²) in [6.45, 7) is -0.0314. The molecule has 0 amide bonds. The molecule has 0 aliphatic carbocycles. The molecule has 12 heavy (non-hydrogen) atoms. The fourth-order valence-corrected chi connectivity index (χ4v) is 0.817. The van der Waals surface area contributed by atoms with Crippen LogP contribution in [0.1, 0.15) is 0 Å². The fraction of sp³-hybridized carbons (Fsp3) is 0.400. The van der Waals surface area contributed by atoms with Crippen LogP contribution in [-0.2, 0) is 6.54 Å². The van der Waals surface area contributed by atoms with Gasteiger partial charge in [0, 0.05) is 0 Å². The van der Waals surface area contributed by atoms with E-state index in [1.54, 1.807) is 0 Å². The molecule has 1 aromatic heterocycles. The first-order chi connectivity index (χ1) is 5.61. The Labute approximate surface area is 67.6 Å². The highest BCUT2D eigenvalue weighted by Crippen LogP contribution is 2.06. The van der Waals surface area contributed by atoms with E-state index in [4.69, 9.17) is 10.8 Å². The summed E-state index contributed by atoms with van der Waals surface area (Å²) in [6, 6.07) is 0. The third-order valence-electron chi connectivity index (χ3n) is 1.24. The van der Waals surface area contributed by atoms with Gasteiger partial charge in [-0.15, -0.1) is 0 Å². The highest BCUT2D eigenvalue weighted by atomic mass is 16.6. The smallest absolute Gasteiger partial charge is 0.390 e. The maximum Gasteiger partial charge on any atom is 0.434 e. The Morgan fingerprint density at radius 2 is 2.58 bits per heavy atom. The summed E-state index contributed by atoms with van der Waals surface area (Å²) in [5.41, 5.74) is 5.04. The number of nitrogens with zero attached hydrogens (tertiary/aromatic N) is 3. The average molecular weight is 172 g/mol. The van der Waals surface area contributed by atoms with Gasteiger partial charge in [-0.05, 0) is 4.92 Å². The van der Waals surface area contributed by atoms with Gasteiger partial charge in [0.25, 0.3) is 0 Å². The van der Waals surface area contributed by atoms with Crippen molar-refractivity contribution >= 4 is 5.95 Å². The lowest BCUT2D eigenvalue weighted by molar-refractivity contribution is -0.397. The molecular formula is C5H8N4O3. The van der Waals surface area contributed by atoms with Gasteiger partial charge in [-0.2, -0.15) is 0 Å². The fourth-order valence-electron chi connectivity index (χ4n) is 0.817. The molecule has 3 N–H and O–H groups in total. The van der Waals surface area contributed by atoms with E-state index in [1.807, 2.05) is 0 Å². The van der Waals surface area contributed by atoms with Crippen molar-refractivity contribution in [2.45, 2.75) is 12.8 Å². The number of rotatable bonds is 3. The summed E-state index contributed by atoms with van der Waals surface area (Å²) >= 11 is 0. The van der Waals surface area contributed by atoms with E-state index >= 15 is 0 Å². The summed E-state index contributed by atoms with van der Waals surface area (Å²) in [6.07, 6.45) is 1.55. The SMILES string of the molecule is NC(O)Cn1ccnc1[N+](=O)[O-]. The molecule has 0 aliphatic rings. The van der Waals surface area contributed by atoms with Crippen LogP contribution in [0.15, 0.2) is 12.4 Å². The molecule has 0 bridgehead atoms. The van der Waals surface area contributed by atoms with E-state index in [1.165, 1.54) is 17.0 Å². The van der Waals surface area contributed by atoms with Gasteiger partial charge >= 0.3 is 5.95 Å². The topological polar surface area (TPSA) is 107 Å². The van der Waals surface area contributed by atoms with Crippen LogP contribution < -0.4 is 5.73 Å². The minimum atomic E-state index is -1.11. The third kappa shape index (κ3) is 1.77. The molecule has 1 heterocycles. The normalized spacial score (nSPS) is 12.8. The van der Waals surface area contributed by atoms with Crippen molar-refractivity contribution in [2.24, 2.45) is 5.73 Å². The van der Waals surface area contributed by atoms with Crippen LogP contribution in [0.25, 0.3) is 0 Å². The van der Waals surface area contributed by atoms with Crippen molar-refractivity contribution in [3.8, 4) is 0 Å². The Balaban J connectivity index is 2.84. The first kappa shape index (κ1) is 8.62. The van der Waals surface area contributed by atoms with Crippen LogP contribution in [0.4, 0.5) is 5.95 Å². The summed E-state index contributed by atoms with van der Waals surface area (Å²) in [5, 5.41) is 19.0. The van der Waals surface area contributed by atoms with E-state index < -0.39 is 11.2 Å². The van der Waals surface area contributed by atoms with Gasteiger partial charge in [0.05, 0.1) is 0 Å². The Kier molecular flexibility index (Phi) is 2.36. The number of nitrogens with two attached hydrogens (primary N) is 1. The lowest BCUT2D eigenvalue weighted by atomic mass is 10.5. The average Bonchev–Trinajstić information content (AvgIpc) is 2.33. The molecule has 0 saturated heterocycles. The Morgan fingerprint density at radius 3 is 3.08 bits per heavy atom. The van der Waals surface area contributed by atoms with Gasteiger partial charge in [-0.25, -0.2) is 4.57 Å². The number of aliphatic hydroxyl groups is 1. The zero-order chi connectivity index (χ0) is 9.14. The number of hydrogen-bond acceptors (Lipinski definition) is 5. The lowest BCUT2D eigenvalue weighted by Gasteiger charge is -2.02. The highest BCUT2D eigenvalue weighted by Gasteiger charge is 2.14. The van der Waals surface area contributed by atoms with E-state index in [9.17, 15) is 10.1 Å². The van der Waals surface area contributed by atoms with Crippen LogP contribution >= 0.6 is 0 Å². The van der Waals surface area contributed by atoms with Crippen molar-refractivity contribution in [3.63, 3.8) is 0 Å². The quantitative estimate of drug-likeness (QED) is 0.348. The molecule has 1 atom stereocenters. The van der Waals surface area contributed by atoms with Crippen LogP contribution in [0.3, 0.4) is 0 Å². The zero-order valence-corrected chi connectivity index (χ0v) is 6.12. The number of nitro groups is 1. The summed E-state index contributed by atoms with van der Waals surface area (Å²) in [7, 11) is 0. The molecule has 1 unspecified atom stereocenters. The molecule has 7 nitrogen and oxygen atoms in total. The van der Waals surface area contributed by atoms with Crippen molar-refractivity contribution in [1.29, 1.82) is 0 Å². The van der Waals surface area contributed by atoms with Crippen LogP contribution in [0.2, 0.25) is 0 Å². The molecular weight excluding hydrogens is 164 g/mol. The zero-order valence-electron chi connectivity index (χ0n) is 6.12. The standard InChI is InChI=1S/C5H8N4O3/c6-4(10)3-8-2-1-7-5(8)9(11)12/h1-2,4,10H,3,6H2. The van der Waals surface area contributed by atoms with Crippen molar-refractivity contribution in [3.05, 3.63) is 22.5 Å². The van der Waals surface area contributed by atoms with Gasteiger partial charge in [-0.1, -0.05) is 4.98 Å². The van der Waals surface area contributed by atoms with Gasteiger partial charge < -0.3 is 21.0 Å². The Bertz CT molecular complexity index is 282. The second-order valence-electron chi connectivity index (χ2n) is 2.20. The second-order valence-corrected chi connectivity index (χ2v) is 2.20. The molecule has 66 valence electrons. The summed E-state index contributed by atoms with van der Waals surface area (Å²) in [4.78, 5) is 13.1. The molecule has 0 radical (unpaired) electrons. The molecule has 0 aromatic carbocycles. The van der Waals surface area contributed by atoms with Crippen LogP contribution in [0.5, 0.6) is 0 Å². The summed E-state index contributed by atoms with van der Waals surface area (Å²) < 4.78 is 1.17. The second kappa shape index (κ2) is 3.28. The maximum absolute atomic E-state index is 10.3. The number of hydrogen-bond donors (Lipinski definition) is 2. The number of aliphatic hydroxyl groups excluding tert-OH is 1.